The van der Waals surface area contributed by atoms with Crippen LogP contribution >= 0.6 is 11.6 Å². The van der Waals surface area contributed by atoms with Crippen molar-refractivity contribution in [2.45, 2.75) is 11.8 Å². The summed E-state index contributed by atoms with van der Waals surface area (Å²) in [6, 6.07) is 6.99. The maximum Gasteiger partial charge on any atom is 0.245 e. The second-order valence-corrected chi connectivity index (χ2v) is 7.20. The molecule has 0 aliphatic carbocycles. The minimum absolute atomic E-state index is 0.198. The van der Waals surface area contributed by atoms with Crippen LogP contribution in [0.25, 0.3) is 10.9 Å². The normalized spacial score (nSPS) is 17.2. The van der Waals surface area contributed by atoms with E-state index in [1.165, 1.54) is 4.31 Å². The number of aryl methyl sites for hydroxylation is 1. The summed E-state index contributed by atoms with van der Waals surface area (Å²) in [6.45, 7) is 3.39. The first-order valence-corrected chi connectivity index (χ1v) is 8.46. The smallest absolute Gasteiger partial charge is 0.245 e. The van der Waals surface area contributed by atoms with E-state index in [9.17, 15) is 8.42 Å². The number of sulfonamides is 1. The molecule has 1 saturated heterocycles. The van der Waals surface area contributed by atoms with Crippen molar-refractivity contribution >= 4 is 32.5 Å². The van der Waals surface area contributed by atoms with Gasteiger partial charge in [0.05, 0.1) is 18.7 Å². The maximum absolute atomic E-state index is 12.8. The first-order valence-electron chi connectivity index (χ1n) is 6.64. The van der Waals surface area contributed by atoms with Crippen molar-refractivity contribution in [3.05, 3.63) is 35.0 Å². The van der Waals surface area contributed by atoms with Crippen LogP contribution in [-0.2, 0) is 14.8 Å². The summed E-state index contributed by atoms with van der Waals surface area (Å²) in [5.41, 5.74) is 1.24. The van der Waals surface area contributed by atoms with Crippen molar-refractivity contribution in [3.63, 3.8) is 0 Å². The second kappa shape index (κ2) is 5.53. The van der Waals surface area contributed by atoms with Gasteiger partial charge in [0.15, 0.2) is 0 Å². The molecule has 0 N–H and O–H groups in total. The van der Waals surface area contributed by atoms with Gasteiger partial charge in [0.2, 0.25) is 10.0 Å². The van der Waals surface area contributed by atoms with Crippen LogP contribution in [0.4, 0.5) is 0 Å². The highest BCUT2D eigenvalue weighted by Crippen LogP contribution is 2.27. The van der Waals surface area contributed by atoms with E-state index in [4.69, 9.17) is 16.3 Å². The summed E-state index contributed by atoms with van der Waals surface area (Å²) in [5, 5.41) is 1.10. The molecule has 112 valence electrons. The molecule has 0 amide bonds. The molecule has 1 fully saturated rings. The molecule has 2 heterocycles. The Balaban J connectivity index is 2.17. The van der Waals surface area contributed by atoms with Crippen molar-refractivity contribution in [1.82, 2.24) is 9.29 Å². The van der Waals surface area contributed by atoms with Gasteiger partial charge in [0.1, 0.15) is 10.0 Å². The molecule has 0 atom stereocenters. The van der Waals surface area contributed by atoms with E-state index < -0.39 is 10.0 Å². The summed E-state index contributed by atoms with van der Waals surface area (Å²) >= 11 is 6.06. The fourth-order valence-electron chi connectivity index (χ4n) is 2.39. The molecule has 1 aromatic carbocycles. The minimum atomic E-state index is -3.59. The van der Waals surface area contributed by atoms with Crippen LogP contribution in [0.2, 0.25) is 5.15 Å². The Morgan fingerprint density at radius 2 is 2.00 bits per heavy atom. The summed E-state index contributed by atoms with van der Waals surface area (Å²) in [7, 11) is -3.59. The van der Waals surface area contributed by atoms with Gasteiger partial charge in [-0.1, -0.05) is 23.7 Å². The van der Waals surface area contributed by atoms with Crippen molar-refractivity contribution in [2.75, 3.05) is 26.3 Å². The maximum atomic E-state index is 12.8. The topological polar surface area (TPSA) is 59.5 Å². The van der Waals surface area contributed by atoms with E-state index in [-0.39, 0.29) is 4.90 Å². The van der Waals surface area contributed by atoms with Crippen molar-refractivity contribution < 1.29 is 13.2 Å². The molecular weight excluding hydrogens is 312 g/mol. The lowest BCUT2D eigenvalue weighted by molar-refractivity contribution is 0.0730. The average Bonchev–Trinajstić information content (AvgIpc) is 2.49. The average molecular weight is 327 g/mol. The van der Waals surface area contributed by atoms with Crippen LogP contribution in [0.1, 0.15) is 5.56 Å². The third-order valence-electron chi connectivity index (χ3n) is 3.53. The Labute approximate surface area is 128 Å². The summed E-state index contributed by atoms with van der Waals surface area (Å²) in [4.78, 5) is 4.46. The number of ether oxygens (including phenoxy) is 1. The number of halogens is 1. The van der Waals surface area contributed by atoms with Gasteiger partial charge in [0.25, 0.3) is 0 Å². The number of hydrogen-bond donors (Lipinski definition) is 0. The number of fused-ring (bicyclic) bond motifs is 1. The van der Waals surface area contributed by atoms with E-state index in [1.807, 2.05) is 19.1 Å². The first-order chi connectivity index (χ1) is 10.00. The molecule has 21 heavy (non-hydrogen) atoms. The molecule has 7 heteroatoms. The number of nitrogens with zero attached hydrogens (tertiary/aromatic N) is 2. The van der Waals surface area contributed by atoms with Gasteiger partial charge in [-0.3, -0.25) is 0 Å². The van der Waals surface area contributed by atoms with Gasteiger partial charge in [-0.2, -0.15) is 4.31 Å². The monoisotopic (exact) mass is 326 g/mol. The zero-order valence-electron chi connectivity index (χ0n) is 11.5. The molecule has 3 rings (SSSR count). The molecule has 0 radical (unpaired) electrons. The molecule has 0 unspecified atom stereocenters. The number of hydrogen-bond acceptors (Lipinski definition) is 4. The third kappa shape index (κ3) is 2.64. The van der Waals surface area contributed by atoms with Crippen LogP contribution in [0, 0.1) is 6.92 Å². The lowest BCUT2D eigenvalue weighted by atomic mass is 10.2. The number of benzene rings is 1. The Bertz CT molecular complexity index is 786. The van der Waals surface area contributed by atoms with Gasteiger partial charge < -0.3 is 4.74 Å². The summed E-state index contributed by atoms with van der Waals surface area (Å²) in [6.07, 6.45) is 0. The largest absolute Gasteiger partial charge is 0.379 e. The molecule has 2 aromatic rings. The van der Waals surface area contributed by atoms with Crippen molar-refractivity contribution in [2.24, 2.45) is 0 Å². The number of morpholine rings is 1. The Hall–Kier alpha value is -1.21. The van der Waals surface area contributed by atoms with E-state index in [1.54, 1.807) is 12.1 Å². The van der Waals surface area contributed by atoms with E-state index in [0.29, 0.717) is 37.0 Å². The molecule has 1 aromatic heterocycles. The number of para-hydroxylation sites is 1. The fourth-order valence-corrected chi connectivity index (χ4v) is 4.09. The van der Waals surface area contributed by atoms with Crippen molar-refractivity contribution in [1.29, 1.82) is 0 Å². The third-order valence-corrected chi connectivity index (χ3v) is 5.84. The van der Waals surface area contributed by atoms with Gasteiger partial charge in [-0.25, -0.2) is 13.4 Å². The fraction of sp³-hybridized carbons (Fsp3) is 0.357. The predicted octanol–water partition coefficient (Wildman–Crippen LogP) is 2.22. The molecule has 0 saturated carbocycles. The van der Waals surface area contributed by atoms with E-state index in [0.717, 1.165) is 10.9 Å². The van der Waals surface area contributed by atoms with Gasteiger partial charge in [-0.15, -0.1) is 0 Å². The Morgan fingerprint density at radius 3 is 2.71 bits per heavy atom. The Morgan fingerprint density at radius 1 is 1.29 bits per heavy atom. The van der Waals surface area contributed by atoms with E-state index in [2.05, 4.69) is 4.98 Å². The zero-order valence-corrected chi connectivity index (χ0v) is 13.1. The highest BCUT2D eigenvalue weighted by atomic mass is 35.5. The summed E-state index contributed by atoms with van der Waals surface area (Å²) in [5.74, 6) is 0. The first kappa shape index (κ1) is 14.7. The van der Waals surface area contributed by atoms with Gasteiger partial charge in [-0.05, 0) is 24.6 Å². The van der Waals surface area contributed by atoms with E-state index >= 15 is 0 Å². The molecule has 0 spiro atoms. The quantitative estimate of drug-likeness (QED) is 0.794. The molecule has 1 aliphatic heterocycles. The number of aromatic nitrogens is 1. The molecule has 0 bridgehead atoms. The van der Waals surface area contributed by atoms with Gasteiger partial charge >= 0.3 is 0 Å². The highest BCUT2D eigenvalue weighted by molar-refractivity contribution is 7.89. The molecule has 1 aliphatic rings. The summed E-state index contributed by atoms with van der Waals surface area (Å²) < 4.78 is 32.2. The standard InChI is InChI=1S/C14H15ClN2O3S/c1-10-9-11-3-2-4-12(13(11)16-14(10)15)21(18,19)17-5-7-20-8-6-17/h2-4,9H,5-8H2,1H3. The van der Waals surface area contributed by atoms with Gasteiger partial charge in [0, 0.05) is 18.5 Å². The van der Waals surface area contributed by atoms with Crippen molar-refractivity contribution in [3.8, 4) is 0 Å². The number of pyridine rings is 1. The SMILES string of the molecule is Cc1cc2cccc(S(=O)(=O)N3CCOCC3)c2nc1Cl. The van der Waals surface area contributed by atoms with Crippen LogP contribution in [0.15, 0.2) is 29.2 Å². The van der Waals surface area contributed by atoms with Crippen LogP contribution in [0.5, 0.6) is 0 Å². The van der Waals surface area contributed by atoms with Crippen LogP contribution < -0.4 is 0 Å². The molecule has 5 nitrogen and oxygen atoms in total. The zero-order chi connectivity index (χ0) is 15.0. The lowest BCUT2D eigenvalue weighted by Gasteiger charge is -2.26. The Kier molecular flexibility index (Phi) is 3.88. The highest BCUT2D eigenvalue weighted by Gasteiger charge is 2.28. The number of rotatable bonds is 2. The minimum Gasteiger partial charge on any atom is -0.379 e. The predicted molar refractivity (Wildman–Crippen MR) is 81.1 cm³/mol. The lowest BCUT2D eigenvalue weighted by Crippen LogP contribution is -2.40. The second-order valence-electron chi connectivity index (χ2n) is 4.94. The van der Waals surface area contributed by atoms with Crippen LogP contribution in [-0.4, -0.2) is 44.0 Å². The molecular formula is C14H15ClN2O3S. The van der Waals surface area contributed by atoms with Crippen LogP contribution in [0.3, 0.4) is 0 Å².